The number of fused-ring (bicyclic) bond motifs is 1. The maximum atomic E-state index is 13.0. The van der Waals surface area contributed by atoms with Crippen molar-refractivity contribution in [1.29, 1.82) is 0 Å². The fraction of sp³-hybridized carbons (Fsp3) is 0.500. The van der Waals surface area contributed by atoms with Crippen LogP contribution in [0.1, 0.15) is 31.4 Å². The van der Waals surface area contributed by atoms with Gasteiger partial charge in [-0.3, -0.25) is 9.59 Å². The maximum absolute atomic E-state index is 13.0. The minimum atomic E-state index is -0.320. The first kappa shape index (κ1) is 17.1. The van der Waals surface area contributed by atoms with E-state index in [1.807, 2.05) is 47.1 Å². The third-order valence-electron chi connectivity index (χ3n) is 5.52. The molecule has 2 aliphatic rings. The summed E-state index contributed by atoms with van der Waals surface area (Å²) in [4.78, 5) is 29.1. The number of para-hydroxylation sites is 1. The highest BCUT2D eigenvalue weighted by Gasteiger charge is 2.33. The SMILES string of the molecule is CC(C(=O)N1CCCC(N2CCNCC2=O)C1)c1cc2ccccc2o1. The first-order chi connectivity index (χ1) is 12.6. The van der Waals surface area contributed by atoms with Gasteiger partial charge in [-0.1, -0.05) is 18.2 Å². The number of amides is 2. The number of nitrogens with zero attached hydrogens (tertiary/aromatic N) is 2. The van der Waals surface area contributed by atoms with Gasteiger partial charge in [-0.25, -0.2) is 0 Å². The number of hydrogen-bond acceptors (Lipinski definition) is 4. The lowest BCUT2D eigenvalue weighted by Gasteiger charge is -2.41. The molecule has 2 aliphatic heterocycles. The van der Waals surface area contributed by atoms with E-state index in [0.717, 1.165) is 43.4 Å². The molecule has 2 amide bonds. The molecule has 2 saturated heterocycles. The third-order valence-corrected chi connectivity index (χ3v) is 5.52. The van der Waals surface area contributed by atoms with Gasteiger partial charge in [-0.15, -0.1) is 0 Å². The Balaban J connectivity index is 1.47. The number of carbonyl (C=O) groups is 2. The van der Waals surface area contributed by atoms with Gasteiger partial charge in [-0.2, -0.15) is 0 Å². The number of benzene rings is 1. The van der Waals surface area contributed by atoms with Crippen LogP contribution in [0.5, 0.6) is 0 Å². The Morgan fingerprint density at radius 3 is 2.96 bits per heavy atom. The fourth-order valence-electron chi connectivity index (χ4n) is 4.03. The standard InChI is InChI=1S/C20H25N3O3/c1-14(18-11-15-5-2-3-7-17(15)26-18)20(25)22-9-4-6-16(13-22)23-10-8-21-12-19(23)24/h2-3,5,7,11,14,16,21H,4,6,8-10,12-13H2,1H3. The van der Waals surface area contributed by atoms with Gasteiger partial charge in [0.05, 0.1) is 12.5 Å². The molecule has 1 N–H and O–H groups in total. The van der Waals surface area contributed by atoms with E-state index < -0.39 is 0 Å². The van der Waals surface area contributed by atoms with Crippen molar-refractivity contribution in [1.82, 2.24) is 15.1 Å². The van der Waals surface area contributed by atoms with E-state index in [1.54, 1.807) is 0 Å². The molecule has 0 bridgehead atoms. The van der Waals surface area contributed by atoms with Crippen molar-refractivity contribution in [2.24, 2.45) is 0 Å². The van der Waals surface area contributed by atoms with Gasteiger partial charge in [0, 0.05) is 37.6 Å². The molecule has 2 atom stereocenters. The van der Waals surface area contributed by atoms with Crippen LogP contribution in [0.3, 0.4) is 0 Å². The average Bonchev–Trinajstić information content (AvgIpc) is 3.11. The number of furan rings is 1. The molecule has 0 aliphatic carbocycles. The zero-order valence-electron chi connectivity index (χ0n) is 15.1. The van der Waals surface area contributed by atoms with Crippen molar-refractivity contribution in [3.05, 3.63) is 36.1 Å². The van der Waals surface area contributed by atoms with Gasteiger partial charge >= 0.3 is 0 Å². The summed E-state index contributed by atoms with van der Waals surface area (Å²) in [6, 6.07) is 9.90. The summed E-state index contributed by atoms with van der Waals surface area (Å²) in [5.41, 5.74) is 0.810. The van der Waals surface area contributed by atoms with Crippen molar-refractivity contribution in [3.8, 4) is 0 Å². The van der Waals surface area contributed by atoms with E-state index >= 15 is 0 Å². The van der Waals surface area contributed by atoms with E-state index in [9.17, 15) is 9.59 Å². The Bertz CT molecular complexity index is 782. The number of rotatable bonds is 3. The van der Waals surface area contributed by atoms with Gasteiger partial charge in [0.2, 0.25) is 11.8 Å². The number of piperidine rings is 1. The molecule has 0 radical (unpaired) electrons. The molecule has 1 aromatic carbocycles. The summed E-state index contributed by atoms with van der Waals surface area (Å²) in [7, 11) is 0. The molecular weight excluding hydrogens is 330 g/mol. The molecule has 3 heterocycles. The largest absolute Gasteiger partial charge is 0.460 e. The Labute approximate surface area is 153 Å². The van der Waals surface area contributed by atoms with Gasteiger partial charge in [0.1, 0.15) is 11.3 Å². The minimum absolute atomic E-state index is 0.0799. The predicted octanol–water partition coefficient (Wildman–Crippen LogP) is 1.96. The lowest BCUT2D eigenvalue weighted by Crippen LogP contribution is -2.57. The normalized spacial score (nSPS) is 22.7. The zero-order chi connectivity index (χ0) is 18.1. The first-order valence-electron chi connectivity index (χ1n) is 9.41. The predicted molar refractivity (Wildman–Crippen MR) is 98.8 cm³/mol. The molecule has 138 valence electrons. The van der Waals surface area contributed by atoms with Crippen LogP contribution >= 0.6 is 0 Å². The zero-order valence-corrected chi connectivity index (χ0v) is 15.1. The third kappa shape index (κ3) is 3.21. The fourth-order valence-corrected chi connectivity index (χ4v) is 4.03. The van der Waals surface area contributed by atoms with Crippen LogP contribution in [-0.2, 0) is 9.59 Å². The summed E-state index contributed by atoms with van der Waals surface area (Å²) < 4.78 is 5.88. The van der Waals surface area contributed by atoms with Crippen LogP contribution < -0.4 is 5.32 Å². The minimum Gasteiger partial charge on any atom is -0.460 e. The van der Waals surface area contributed by atoms with Crippen LogP contribution in [0.4, 0.5) is 0 Å². The van der Waals surface area contributed by atoms with Crippen LogP contribution in [0.15, 0.2) is 34.7 Å². The highest BCUT2D eigenvalue weighted by atomic mass is 16.3. The van der Waals surface area contributed by atoms with E-state index in [1.165, 1.54) is 0 Å². The molecular formula is C20H25N3O3. The van der Waals surface area contributed by atoms with Gasteiger partial charge < -0.3 is 19.5 Å². The second-order valence-corrected chi connectivity index (χ2v) is 7.25. The monoisotopic (exact) mass is 355 g/mol. The van der Waals surface area contributed by atoms with Crippen molar-refractivity contribution >= 4 is 22.8 Å². The molecule has 26 heavy (non-hydrogen) atoms. The molecule has 6 heteroatoms. The molecule has 0 saturated carbocycles. The van der Waals surface area contributed by atoms with Gasteiger partial charge in [-0.05, 0) is 31.9 Å². The van der Waals surface area contributed by atoms with Crippen LogP contribution in [-0.4, -0.2) is 60.4 Å². The summed E-state index contributed by atoms with van der Waals surface area (Å²) in [5.74, 6) is 0.605. The topological polar surface area (TPSA) is 65.8 Å². The number of carbonyl (C=O) groups excluding carboxylic acids is 2. The second kappa shape index (κ2) is 7.11. The van der Waals surface area contributed by atoms with Gasteiger partial charge in [0.15, 0.2) is 0 Å². The van der Waals surface area contributed by atoms with E-state index in [-0.39, 0.29) is 23.8 Å². The highest BCUT2D eigenvalue weighted by molar-refractivity contribution is 5.86. The Morgan fingerprint density at radius 2 is 2.15 bits per heavy atom. The number of likely N-dealkylation sites (tertiary alicyclic amines) is 1. The lowest BCUT2D eigenvalue weighted by molar-refractivity contribution is -0.141. The molecule has 4 rings (SSSR count). The van der Waals surface area contributed by atoms with Crippen LogP contribution in [0, 0.1) is 0 Å². The molecule has 1 aromatic heterocycles. The van der Waals surface area contributed by atoms with Crippen LogP contribution in [0.2, 0.25) is 0 Å². The summed E-state index contributed by atoms with van der Waals surface area (Å²) in [5, 5.41) is 4.12. The second-order valence-electron chi connectivity index (χ2n) is 7.25. The lowest BCUT2D eigenvalue weighted by atomic mass is 10.00. The molecule has 6 nitrogen and oxygen atoms in total. The smallest absolute Gasteiger partial charge is 0.236 e. The molecule has 0 spiro atoms. The molecule has 2 aromatic rings. The van der Waals surface area contributed by atoms with Crippen molar-refractivity contribution in [2.75, 3.05) is 32.7 Å². The Kier molecular flexibility index (Phi) is 4.68. The summed E-state index contributed by atoms with van der Waals surface area (Å²) in [6.45, 7) is 5.23. The van der Waals surface area contributed by atoms with Crippen molar-refractivity contribution in [2.45, 2.75) is 31.7 Å². The van der Waals surface area contributed by atoms with E-state index in [0.29, 0.717) is 18.8 Å². The Hall–Kier alpha value is -2.34. The van der Waals surface area contributed by atoms with Crippen molar-refractivity contribution < 1.29 is 14.0 Å². The summed E-state index contributed by atoms with van der Waals surface area (Å²) >= 11 is 0. The molecule has 2 fully saturated rings. The van der Waals surface area contributed by atoms with Crippen molar-refractivity contribution in [3.63, 3.8) is 0 Å². The number of piperazine rings is 1. The maximum Gasteiger partial charge on any atom is 0.236 e. The quantitative estimate of drug-likeness (QED) is 0.914. The summed E-state index contributed by atoms with van der Waals surface area (Å²) in [6.07, 6.45) is 1.90. The Morgan fingerprint density at radius 1 is 1.31 bits per heavy atom. The van der Waals surface area contributed by atoms with Crippen LogP contribution in [0.25, 0.3) is 11.0 Å². The average molecular weight is 355 g/mol. The number of hydrogen-bond donors (Lipinski definition) is 1. The first-order valence-corrected chi connectivity index (χ1v) is 9.41. The number of nitrogens with one attached hydrogen (secondary N) is 1. The van der Waals surface area contributed by atoms with Gasteiger partial charge in [0.25, 0.3) is 0 Å². The molecule has 2 unspecified atom stereocenters. The van der Waals surface area contributed by atoms with E-state index in [4.69, 9.17) is 4.42 Å². The van der Waals surface area contributed by atoms with E-state index in [2.05, 4.69) is 5.32 Å². The highest BCUT2D eigenvalue weighted by Crippen LogP contribution is 2.27.